The van der Waals surface area contributed by atoms with E-state index >= 15 is 0 Å². The third-order valence-electron chi connectivity index (χ3n) is 3.17. The lowest BCUT2D eigenvalue weighted by Gasteiger charge is -2.21. The highest BCUT2D eigenvalue weighted by atomic mass is 16.2. The van der Waals surface area contributed by atoms with Crippen molar-refractivity contribution in [2.75, 3.05) is 13.6 Å². The Kier molecular flexibility index (Phi) is 6.50. The SMILES string of the molecule is CC(C)CC(CN)CC(=O)N(C)Cc1cccnc1. The number of amides is 1. The molecule has 1 aromatic rings. The van der Waals surface area contributed by atoms with Crippen molar-refractivity contribution in [2.45, 2.75) is 33.2 Å². The number of nitrogens with zero attached hydrogens (tertiary/aromatic N) is 2. The highest BCUT2D eigenvalue weighted by Crippen LogP contribution is 2.15. The maximum Gasteiger partial charge on any atom is 0.222 e. The minimum absolute atomic E-state index is 0.153. The van der Waals surface area contributed by atoms with E-state index in [0.29, 0.717) is 25.4 Å². The molecular weight excluding hydrogens is 238 g/mol. The molecule has 0 saturated heterocycles. The van der Waals surface area contributed by atoms with Crippen molar-refractivity contribution < 1.29 is 4.79 Å². The van der Waals surface area contributed by atoms with Gasteiger partial charge >= 0.3 is 0 Å². The third kappa shape index (κ3) is 5.83. The zero-order valence-corrected chi connectivity index (χ0v) is 12.2. The molecule has 0 spiro atoms. The van der Waals surface area contributed by atoms with Crippen LogP contribution in [0.25, 0.3) is 0 Å². The first kappa shape index (κ1) is 15.6. The molecule has 0 bridgehead atoms. The summed E-state index contributed by atoms with van der Waals surface area (Å²) in [6.07, 6.45) is 5.06. The number of hydrogen-bond acceptors (Lipinski definition) is 3. The molecule has 1 unspecified atom stereocenters. The molecule has 0 radical (unpaired) electrons. The van der Waals surface area contributed by atoms with E-state index in [1.165, 1.54) is 0 Å². The molecule has 1 atom stereocenters. The molecule has 0 fully saturated rings. The summed E-state index contributed by atoms with van der Waals surface area (Å²) in [4.78, 5) is 18.0. The third-order valence-corrected chi connectivity index (χ3v) is 3.17. The van der Waals surface area contributed by atoms with E-state index in [9.17, 15) is 4.79 Å². The van der Waals surface area contributed by atoms with Crippen molar-refractivity contribution in [1.82, 2.24) is 9.88 Å². The Morgan fingerprint density at radius 3 is 2.74 bits per heavy atom. The smallest absolute Gasteiger partial charge is 0.222 e. The van der Waals surface area contributed by atoms with E-state index < -0.39 is 0 Å². The van der Waals surface area contributed by atoms with E-state index in [0.717, 1.165) is 12.0 Å². The van der Waals surface area contributed by atoms with Crippen molar-refractivity contribution in [3.05, 3.63) is 30.1 Å². The Hall–Kier alpha value is -1.42. The van der Waals surface area contributed by atoms with Crippen molar-refractivity contribution in [3.63, 3.8) is 0 Å². The largest absolute Gasteiger partial charge is 0.341 e. The molecule has 1 aromatic heterocycles. The van der Waals surface area contributed by atoms with Gasteiger partial charge in [-0.15, -0.1) is 0 Å². The van der Waals surface area contributed by atoms with Gasteiger partial charge in [0.15, 0.2) is 0 Å². The molecule has 19 heavy (non-hydrogen) atoms. The second kappa shape index (κ2) is 7.89. The fraction of sp³-hybridized carbons (Fsp3) is 0.600. The summed E-state index contributed by atoms with van der Waals surface area (Å²) >= 11 is 0. The van der Waals surface area contributed by atoms with Crippen molar-refractivity contribution in [3.8, 4) is 0 Å². The van der Waals surface area contributed by atoms with Crippen LogP contribution in [0.15, 0.2) is 24.5 Å². The van der Waals surface area contributed by atoms with Crippen LogP contribution in [0, 0.1) is 11.8 Å². The van der Waals surface area contributed by atoms with Gasteiger partial charge in [-0.25, -0.2) is 0 Å². The predicted molar refractivity (Wildman–Crippen MR) is 77.3 cm³/mol. The number of carbonyl (C=O) groups excluding carboxylic acids is 1. The molecule has 0 aromatic carbocycles. The zero-order valence-electron chi connectivity index (χ0n) is 12.2. The molecule has 2 N–H and O–H groups in total. The number of nitrogens with two attached hydrogens (primary N) is 1. The lowest BCUT2D eigenvalue weighted by Crippen LogP contribution is -2.30. The molecule has 0 aliphatic carbocycles. The van der Waals surface area contributed by atoms with Crippen LogP contribution in [0.1, 0.15) is 32.3 Å². The van der Waals surface area contributed by atoms with E-state index in [1.807, 2.05) is 19.2 Å². The van der Waals surface area contributed by atoms with Crippen LogP contribution in [0.3, 0.4) is 0 Å². The Bertz CT molecular complexity index is 378. The van der Waals surface area contributed by atoms with Gasteiger partial charge in [0.25, 0.3) is 0 Å². The Labute approximate surface area is 116 Å². The molecular formula is C15H25N3O. The zero-order chi connectivity index (χ0) is 14.3. The summed E-state index contributed by atoms with van der Waals surface area (Å²) in [7, 11) is 1.83. The fourth-order valence-electron chi connectivity index (χ4n) is 2.19. The highest BCUT2D eigenvalue weighted by Gasteiger charge is 2.17. The molecule has 4 heteroatoms. The molecule has 0 aliphatic rings. The molecule has 1 amide bonds. The quantitative estimate of drug-likeness (QED) is 0.819. The Morgan fingerprint density at radius 1 is 1.47 bits per heavy atom. The second-order valence-electron chi connectivity index (χ2n) is 5.55. The van der Waals surface area contributed by atoms with E-state index in [4.69, 9.17) is 5.73 Å². The average Bonchev–Trinajstić information content (AvgIpc) is 2.38. The number of carbonyl (C=O) groups is 1. The first-order chi connectivity index (χ1) is 9.02. The number of aromatic nitrogens is 1. The topological polar surface area (TPSA) is 59.2 Å². The van der Waals surface area contributed by atoms with Crippen molar-refractivity contribution >= 4 is 5.91 Å². The van der Waals surface area contributed by atoms with E-state index in [1.54, 1.807) is 17.3 Å². The van der Waals surface area contributed by atoms with Crippen LogP contribution in [-0.4, -0.2) is 29.4 Å². The standard InChI is InChI=1S/C15H25N3O/c1-12(2)7-14(9-16)8-15(19)18(3)11-13-5-4-6-17-10-13/h4-6,10,12,14H,7-9,11,16H2,1-3H3. The first-order valence-electron chi connectivity index (χ1n) is 6.85. The van der Waals surface area contributed by atoms with Crippen molar-refractivity contribution in [1.29, 1.82) is 0 Å². The monoisotopic (exact) mass is 263 g/mol. The highest BCUT2D eigenvalue weighted by molar-refractivity contribution is 5.76. The van der Waals surface area contributed by atoms with Gasteiger partial charge in [0.05, 0.1) is 0 Å². The first-order valence-corrected chi connectivity index (χ1v) is 6.85. The summed E-state index contributed by atoms with van der Waals surface area (Å²) in [5.41, 5.74) is 6.79. The van der Waals surface area contributed by atoms with Gasteiger partial charge in [-0.05, 0) is 36.4 Å². The molecule has 0 aliphatic heterocycles. The van der Waals surface area contributed by atoms with Crippen LogP contribution < -0.4 is 5.73 Å². The van der Waals surface area contributed by atoms with Gasteiger partial charge in [0.2, 0.25) is 5.91 Å². The summed E-state index contributed by atoms with van der Waals surface area (Å²) < 4.78 is 0. The number of rotatable bonds is 7. The second-order valence-corrected chi connectivity index (χ2v) is 5.55. The normalized spacial score (nSPS) is 12.5. The average molecular weight is 263 g/mol. The van der Waals surface area contributed by atoms with Crippen LogP contribution in [-0.2, 0) is 11.3 Å². The lowest BCUT2D eigenvalue weighted by atomic mass is 9.94. The maximum atomic E-state index is 12.1. The molecule has 0 saturated carbocycles. The summed E-state index contributed by atoms with van der Waals surface area (Å²) in [6.45, 7) is 5.50. The van der Waals surface area contributed by atoms with E-state index in [-0.39, 0.29) is 11.8 Å². The minimum atomic E-state index is 0.153. The fourth-order valence-corrected chi connectivity index (χ4v) is 2.19. The van der Waals surface area contributed by atoms with Crippen LogP contribution in [0.2, 0.25) is 0 Å². The van der Waals surface area contributed by atoms with Crippen LogP contribution >= 0.6 is 0 Å². The van der Waals surface area contributed by atoms with Gasteiger partial charge in [0.1, 0.15) is 0 Å². The van der Waals surface area contributed by atoms with Gasteiger partial charge in [-0.3, -0.25) is 9.78 Å². The summed E-state index contributed by atoms with van der Waals surface area (Å²) in [5, 5.41) is 0. The van der Waals surface area contributed by atoms with Gasteiger partial charge < -0.3 is 10.6 Å². The Balaban J connectivity index is 2.48. The molecule has 106 valence electrons. The van der Waals surface area contributed by atoms with Crippen LogP contribution in [0.4, 0.5) is 0 Å². The van der Waals surface area contributed by atoms with Gasteiger partial charge in [-0.2, -0.15) is 0 Å². The minimum Gasteiger partial charge on any atom is -0.341 e. The van der Waals surface area contributed by atoms with Crippen molar-refractivity contribution in [2.24, 2.45) is 17.6 Å². The molecule has 1 rings (SSSR count). The predicted octanol–water partition coefficient (Wildman–Crippen LogP) is 2.05. The molecule has 1 heterocycles. The number of hydrogen-bond donors (Lipinski definition) is 1. The molecule has 4 nitrogen and oxygen atoms in total. The van der Waals surface area contributed by atoms with Gasteiger partial charge in [-0.1, -0.05) is 19.9 Å². The van der Waals surface area contributed by atoms with E-state index in [2.05, 4.69) is 18.8 Å². The number of pyridine rings is 1. The maximum absolute atomic E-state index is 12.1. The van der Waals surface area contributed by atoms with Crippen LogP contribution in [0.5, 0.6) is 0 Å². The van der Waals surface area contributed by atoms with Gasteiger partial charge in [0, 0.05) is 32.4 Å². The lowest BCUT2D eigenvalue weighted by molar-refractivity contribution is -0.131. The Morgan fingerprint density at radius 2 is 2.21 bits per heavy atom. The summed E-state index contributed by atoms with van der Waals surface area (Å²) in [6, 6.07) is 3.86. The summed E-state index contributed by atoms with van der Waals surface area (Å²) in [5.74, 6) is 1.01.